The van der Waals surface area contributed by atoms with Gasteiger partial charge in [0.05, 0.1) is 24.0 Å². The van der Waals surface area contributed by atoms with E-state index in [9.17, 15) is 22.8 Å². The Labute approximate surface area is 199 Å². The standard InChI is InChI=1S/C22H26F3N7O3/c1-12-10-31(5-6-32(12)20(34)35-21(2,3)4)15-9-26-8-14(29-15)18-17-13(22(23,24)25)7-16(33)30-19(17)28-11-27-18/h8-9,11-13H,5-7,10H2,1-4H3,(H,27,28,30,33)/t12-,13+/m0/s1. The van der Waals surface area contributed by atoms with E-state index in [2.05, 4.69) is 25.3 Å². The van der Waals surface area contributed by atoms with E-state index in [0.29, 0.717) is 25.5 Å². The molecular formula is C22H26F3N7O3. The van der Waals surface area contributed by atoms with E-state index in [4.69, 9.17) is 4.74 Å². The van der Waals surface area contributed by atoms with Crippen LogP contribution < -0.4 is 10.2 Å². The minimum Gasteiger partial charge on any atom is -0.444 e. The molecule has 0 radical (unpaired) electrons. The lowest BCUT2D eigenvalue weighted by Crippen LogP contribution is -2.55. The van der Waals surface area contributed by atoms with Crippen molar-refractivity contribution in [1.29, 1.82) is 0 Å². The predicted octanol–water partition coefficient (Wildman–Crippen LogP) is 3.37. The fourth-order valence-corrected chi connectivity index (χ4v) is 4.16. The zero-order valence-corrected chi connectivity index (χ0v) is 19.8. The number of carbonyl (C=O) groups is 2. The van der Waals surface area contributed by atoms with Crippen LogP contribution in [0.2, 0.25) is 0 Å². The predicted molar refractivity (Wildman–Crippen MR) is 120 cm³/mol. The van der Waals surface area contributed by atoms with Crippen LogP contribution in [0.3, 0.4) is 0 Å². The number of alkyl halides is 3. The first-order valence-corrected chi connectivity index (χ1v) is 11.1. The zero-order chi connectivity index (χ0) is 25.5. The fourth-order valence-electron chi connectivity index (χ4n) is 4.16. The van der Waals surface area contributed by atoms with E-state index >= 15 is 0 Å². The first-order chi connectivity index (χ1) is 16.3. The molecule has 2 amide bonds. The van der Waals surface area contributed by atoms with Gasteiger partial charge in [0.2, 0.25) is 5.91 Å². The van der Waals surface area contributed by atoms with Gasteiger partial charge in [0.1, 0.15) is 29.3 Å². The molecule has 2 aliphatic heterocycles. The second kappa shape index (κ2) is 8.93. The molecule has 188 valence electrons. The monoisotopic (exact) mass is 493 g/mol. The van der Waals surface area contributed by atoms with Gasteiger partial charge in [-0.3, -0.25) is 9.78 Å². The highest BCUT2D eigenvalue weighted by atomic mass is 19.4. The van der Waals surface area contributed by atoms with Crippen molar-refractivity contribution in [3.63, 3.8) is 0 Å². The first kappa shape index (κ1) is 24.6. The zero-order valence-electron chi connectivity index (χ0n) is 19.8. The van der Waals surface area contributed by atoms with E-state index in [-0.39, 0.29) is 28.8 Å². The molecule has 4 rings (SSSR count). The van der Waals surface area contributed by atoms with Crippen molar-refractivity contribution in [1.82, 2.24) is 24.8 Å². The van der Waals surface area contributed by atoms with Crippen LogP contribution in [0.25, 0.3) is 11.4 Å². The summed E-state index contributed by atoms with van der Waals surface area (Å²) in [5, 5.41) is 2.39. The third kappa shape index (κ3) is 5.28. The summed E-state index contributed by atoms with van der Waals surface area (Å²) in [6, 6.07) is -0.194. The molecule has 2 aliphatic rings. The first-order valence-electron chi connectivity index (χ1n) is 11.1. The fraction of sp³-hybridized carbons (Fsp3) is 0.545. The maximum Gasteiger partial charge on any atom is 0.410 e. The summed E-state index contributed by atoms with van der Waals surface area (Å²) in [7, 11) is 0. The molecule has 2 aromatic heterocycles. The summed E-state index contributed by atoms with van der Waals surface area (Å²) in [6.45, 7) is 8.53. The lowest BCUT2D eigenvalue weighted by molar-refractivity contribution is -0.156. The van der Waals surface area contributed by atoms with Gasteiger partial charge in [-0.15, -0.1) is 0 Å². The van der Waals surface area contributed by atoms with Gasteiger partial charge < -0.3 is 19.9 Å². The molecule has 13 heteroatoms. The second-order valence-electron chi connectivity index (χ2n) is 9.56. The largest absolute Gasteiger partial charge is 0.444 e. The lowest BCUT2D eigenvalue weighted by Gasteiger charge is -2.40. The molecule has 0 aromatic carbocycles. The van der Waals surface area contributed by atoms with E-state index < -0.39 is 36.1 Å². The molecule has 2 aromatic rings. The molecule has 0 bridgehead atoms. The number of aromatic nitrogens is 4. The van der Waals surface area contributed by atoms with Crippen molar-refractivity contribution in [2.75, 3.05) is 29.9 Å². The van der Waals surface area contributed by atoms with Gasteiger partial charge in [-0.2, -0.15) is 13.2 Å². The average molecular weight is 493 g/mol. The molecule has 0 spiro atoms. The van der Waals surface area contributed by atoms with Crippen molar-refractivity contribution in [3.05, 3.63) is 24.3 Å². The Morgan fingerprint density at radius 2 is 1.91 bits per heavy atom. The molecule has 0 unspecified atom stereocenters. The Hall–Kier alpha value is -3.51. The van der Waals surface area contributed by atoms with E-state index in [1.54, 1.807) is 25.7 Å². The van der Waals surface area contributed by atoms with Gasteiger partial charge in [-0.25, -0.2) is 19.7 Å². The number of hydrogen-bond acceptors (Lipinski definition) is 8. The number of hydrogen-bond donors (Lipinski definition) is 1. The Balaban J connectivity index is 1.61. The normalized spacial score (nSPS) is 20.8. The number of rotatable bonds is 2. The molecule has 1 fully saturated rings. The maximum atomic E-state index is 13.8. The van der Waals surface area contributed by atoms with E-state index in [1.807, 2.05) is 11.8 Å². The maximum absolute atomic E-state index is 13.8. The topological polar surface area (TPSA) is 113 Å². The minimum absolute atomic E-state index is 0.0351. The van der Waals surface area contributed by atoms with Crippen LogP contribution >= 0.6 is 0 Å². The smallest absolute Gasteiger partial charge is 0.410 e. The third-order valence-corrected chi connectivity index (χ3v) is 5.72. The number of anilines is 2. The van der Waals surface area contributed by atoms with Crippen LogP contribution in [0.1, 0.15) is 45.6 Å². The number of ether oxygens (including phenoxy) is 1. The van der Waals surface area contributed by atoms with Gasteiger partial charge in [-0.1, -0.05) is 0 Å². The van der Waals surface area contributed by atoms with Crippen molar-refractivity contribution in [2.45, 2.75) is 57.9 Å². The highest BCUT2D eigenvalue weighted by Crippen LogP contribution is 2.45. The molecule has 1 saturated heterocycles. The number of carbonyl (C=O) groups excluding carboxylic acids is 2. The Kier molecular flexibility index (Phi) is 6.28. The number of fused-ring (bicyclic) bond motifs is 1. The number of halogens is 3. The summed E-state index contributed by atoms with van der Waals surface area (Å²) >= 11 is 0. The number of amides is 2. The SMILES string of the molecule is C[C@H]1CN(c2cncc(-c3ncnc4c3[C@H](C(F)(F)F)CC(=O)N4)n2)CCN1C(=O)OC(C)(C)C. The van der Waals surface area contributed by atoms with Crippen molar-refractivity contribution < 1.29 is 27.5 Å². The van der Waals surface area contributed by atoms with E-state index in [1.165, 1.54) is 12.4 Å². The molecule has 1 N–H and O–H groups in total. The van der Waals surface area contributed by atoms with E-state index in [0.717, 1.165) is 6.33 Å². The minimum atomic E-state index is -4.66. The molecule has 2 atom stereocenters. The highest BCUT2D eigenvalue weighted by molar-refractivity contribution is 5.95. The summed E-state index contributed by atoms with van der Waals surface area (Å²) < 4.78 is 46.8. The van der Waals surface area contributed by atoms with Crippen molar-refractivity contribution >= 4 is 23.6 Å². The molecule has 10 nitrogen and oxygen atoms in total. The van der Waals surface area contributed by atoms with Gasteiger partial charge in [0, 0.05) is 37.7 Å². The van der Waals surface area contributed by atoms with Crippen LogP contribution in [0, 0.1) is 0 Å². The number of piperazine rings is 1. The van der Waals surface area contributed by atoms with Gasteiger partial charge >= 0.3 is 12.3 Å². The second-order valence-corrected chi connectivity index (χ2v) is 9.56. The summed E-state index contributed by atoms with van der Waals surface area (Å²) in [4.78, 5) is 44.5. The molecule has 0 aliphatic carbocycles. The quantitative estimate of drug-likeness (QED) is 0.678. The van der Waals surface area contributed by atoms with Crippen LogP contribution in [0.5, 0.6) is 0 Å². The van der Waals surface area contributed by atoms with Crippen LogP contribution in [-0.4, -0.2) is 74.3 Å². The average Bonchev–Trinajstić information content (AvgIpc) is 2.76. The summed E-state index contributed by atoms with van der Waals surface area (Å²) in [6.07, 6.45) is -1.90. The molecular weight excluding hydrogens is 467 g/mol. The van der Waals surface area contributed by atoms with Crippen LogP contribution in [0.15, 0.2) is 18.7 Å². The Morgan fingerprint density at radius 1 is 1.17 bits per heavy atom. The number of nitrogens with one attached hydrogen (secondary N) is 1. The number of nitrogens with zero attached hydrogens (tertiary/aromatic N) is 6. The van der Waals surface area contributed by atoms with Gasteiger partial charge in [-0.05, 0) is 27.7 Å². The molecule has 0 saturated carbocycles. The third-order valence-electron chi connectivity index (χ3n) is 5.72. The Morgan fingerprint density at radius 3 is 2.57 bits per heavy atom. The van der Waals surface area contributed by atoms with Gasteiger partial charge in [0.15, 0.2) is 0 Å². The van der Waals surface area contributed by atoms with Crippen LogP contribution in [-0.2, 0) is 9.53 Å². The van der Waals surface area contributed by atoms with Gasteiger partial charge in [0.25, 0.3) is 0 Å². The molecule has 35 heavy (non-hydrogen) atoms. The Bertz CT molecular complexity index is 1140. The lowest BCUT2D eigenvalue weighted by atomic mass is 9.90. The van der Waals surface area contributed by atoms with Crippen LogP contribution in [0.4, 0.5) is 29.6 Å². The summed E-state index contributed by atoms with van der Waals surface area (Å²) in [5.41, 5.74) is -0.743. The van der Waals surface area contributed by atoms with Crippen molar-refractivity contribution in [3.8, 4) is 11.4 Å². The summed E-state index contributed by atoms with van der Waals surface area (Å²) in [5.74, 6) is -2.55. The highest BCUT2D eigenvalue weighted by Gasteiger charge is 2.47. The molecule has 4 heterocycles. The van der Waals surface area contributed by atoms with Crippen molar-refractivity contribution in [2.24, 2.45) is 0 Å².